The van der Waals surface area contributed by atoms with Gasteiger partial charge < -0.3 is 0 Å². The van der Waals surface area contributed by atoms with Crippen LogP contribution in [-0.4, -0.2) is 37.0 Å². The first-order valence-electron chi connectivity index (χ1n) is 8.23. The minimum absolute atomic E-state index is 0.110. The SMILES string of the molecule is CCN(CC)S(=O)(=O)c1cc([N+](=O)[O-])ccc1N/N=C/c1ccc(Cl)cc1Cl. The van der Waals surface area contributed by atoms with Crippen molar-refractivity contribution in [1.29, 1.82) is 0 Å². The summed E-state index contributed by atoms with van der Waals surface area (Å²) < 4.78 is 27.0. The molecule has 2 aromatic rings. The standard InChI is InChI=1S/C17H18Cl2N4O4S/c1-3-22(4-2)28(26,27)17-10-14(23(24)25)7-8-16(17)21-20-11-12-5-6-13(18)9-15(12)19/h5-11,21H,3-4H2,1-2H3/b20-11+. The lowest BCUT2D eigenvalue weighted by Gasteiger charge is -2.20. The maximum atomic E-state index is 12.9. The van der Waals surface area contributed by atoms with Crippen LogP contribution in [0.4, 0.5) is 11.4 Å². The van der Waals surface area contributed by atoms with Crippen molar-refractivity contribution in [2.45, 2.75) is 18.7 Å². The Morgan fingerprint density at radius 3 is 2.43 bits per heavy atom. The Kier molecular flexibility index (Phi) is 7.36. The van der Waals surface area contributed by atoms with Crippen molar-refractivity contribution in [2.24, 2.45) is 5.10 Å². The highest BCUT2D eigenvalue weighted by Gasteiger charge is 2.27. The Labute approximate surface area is 173 Å². The summed E-state index contributed by atoms with van der Waals surface area (Å²) in [5.41, 5.74) is 2.97. The van der Waals surface area contributed by atoms with Crippen molar-refractivity contribution >= 4 is 50.8 Å². The number of benzene rings is 2. The summed E-state index contributed by atoms with van der Waals surface area (Å²) >= 11 is 11.9. The molecule has 11 heteroatoms. The van der Waals surface area contributed by atoms with Crippen LogP contribution in [0.1, 0.15) is 19.4 Å². The quantitative estimate of drug-likeness (QED) is 0.369. The van der Waals surface area contributed by atoms with Gasteiger partial charge in [-0.25, -0.2) is 8.42 Å². The van der Waals surface area contributed by atoms with Gasteiger partial charge in [-0.3, -0.25) is 15.5 Å². The normalized spacial score (nSPS) is 11.9. The summed E-state index contributed by atoms with van der Waals surface area (Å²) in [6.45, 7) is 3.83. The number of hydrogen-bond donors (Lipinski definition) is 1. The predicted molar refractivity (Wildman–Crippen MR) is 111 cm³/mol. The monoisotopic (exact) mass is 444 g/mol. The van der Waals surface area contributed by atoms with Crippen LogP contribution in [0.2, 0.25) is 10.0 Å². The van der Waals surface area contributed by atoms with Gasteiger partial charge in [-0.2, -0.15) is 9.41 Å². The molecular formula is C17H18Cl2N4O4S. The molecule has 0 fully saturated rings. The van der Waals surface area contributed by atoms with Crippen LogP contribution in [0, 0.1) is 10.1 Å². The van der Waals surface area contributed by atoms with Gasteiger partial charge in [0.25, 0.3) is 5.69 Å². The lowest BCUT2D eigenvalue weighted by Crippen LogP contribution is -2.31. The lowest BCUT2D eigenvalue weighted by molar-refractivity contribution is -0.385. The molecule has 0 radical (unpaired) electrons. The summed E-state index contributed by atoms with van der Waals surface area (Å²) in [5.74, 6) is 0. The van der Waals surface area contributed by atoms with Gasteiger partial charge in [0.15, 0.2) is 0 Å². The maximum absolute atomic E-state index is 12.9. The van der Waals surface area contributed by atoms with Crippen LogP contribution < -0.4 is 5.43 Å². The molecule has 150 valence electrons. The minimum Gasteiger partial charge on any atom is -0.277 e. The molecule has 0 bridgehead atoms. The topological polar surface area (TPSA) is 105 Å². The molecule has 0 heterocycles. The molecule has 0 amide bonds. The third-order valence-corrected chi connectivity index (χ3v) is 6.50. The Morgan fingerprint density at radius 2 is 1.86 bits per heavy atom. The van der Waals surface area contributed by atoms with Gasteiger partial charge in [0, 0.05) is 35.8 Å². The van der Waals surface area contributed by atoms with Crippen molar-refractivity contribution in [3.8, 4) is 0 Å². The molecule has 0 aliphatic heterocycles. The molecule has 1 N–H and O–H groups in total. The van der Waals surface area contributed by atoms with E-state index in [4.69, 9.17) is 23.2 Å². The van der Waals surface area contributed by atoms with Crippen LogP contribution in [0.5, 0.6) is 0 Å². The van der Waals surface area contributed by atoms with Crippen LogP contribution in [0.25, 0.3) is 0 Å². The van der Waals surface area contributed by atoms with E-state index in [0.717, 1.165) is 6.07 Å². The average molecular weight is 445 g/mol. The number of anilines is 1. The molecule has 0 aliphatic rings. The van der Waals surface area contributed by atoms with Crippen LogP contribution in [-0.2, 0) is 10.0 Å². The lowest BCUT2D eigenvalue weighted by atomic mass is 10.2. The summed E-state index contributed by atoms with van der Waals surface area (Å²) in [5, 5.41) is 15.9. The number of sulfonamides is 1. The van der Waals surface area contributed by atoms with E-state index in [2.05, 4.69) is 10.5 Å². The number of hydrogen-bond acceptors (Lipinski definition) is 6. The molecule has 0 spiro atoms. The molecule has 0 atom stereocenters. The zero-order chi connectivity index (χ0) is 20.9. The minimum atomic E-state index is -3.95. The van der Waals surface area contributed by atoms with Gasteiger partial charge in [-0.15, -0.1) is 0 Å². The van der Waals surface area contributed by atoms with Crippen molar-refractivity contribution in [1.82, 2.24) is 4.31 Å². The average Bonchev–Trinajstić information content (AvgIpc) is 2.64. The van der Waals surface area contributed by atoms with Crippen LogP contribution in [0.15, 0.2) is 46.4 Å². The summed E-state index contributed by atoms with van der Waals surface area (Å²) in [4.78, 5) is 10.2. The van der Waals surface area contributed by atoms with E-state index in [9.17, 15) is 18.5 Å². The number of nitrogens with zero attached hydrogens (tertiary/aromatic N) is 3. The highest BCUT2D eigenvalue weighted by Crippen LogP contribution is 2.29. The number of nitro benzene ring substituents is 1. The molecular weight excluding hydrogens is 427 g/mol. The van der Waals surface area contributed by atoms with E-state index < -0.39 is 14.9 Å². The molecule has 8 nitrogen and oxygen atoms in total. The van der Waals surface area contributed by atoms with Crippen molar-refractivity contribution in [2.75, 3.05) is 18.5 Å². The van der Waals surface area contributed by atoms with Crippen molar-refractivity contribution < 1.29 is 13.3 Å². The van der Waals surface area contributed by atoms with Gasteiger partial charge in [0.05, 0.1) is 21.8 Å². The van der Waals surface area contributed by atoms with Crippen LogP contribution in [0.3, 0.4) is 0 Å². The largest absolute Gasteiger partial charge is 0.277 e. The molecule has 0 saturated carbocycles. The van der Waals surface area contributed by atoms with Gasteiger partial charge in [-0.1, -0.05) is 43.1 Å². The summed E-state index contributed by atoms with van der Waals surface area (Å²) in [6, 6.07) is 8.35. The highest BCUT2D eigenvalue weighted by molar-refractivity contribution is 7.89. The number of non-ortho nitro benzene ring substituents is 1. The van der Waals surface area contributed by atoms with E-state index in [1.165, 1.54) is 22.7 Å². The van der Waals surface area contributed by atoms with Gasteiger partial charge >= 0.3 is 0 Å². The number of rotatable bonds is 8. The first-order valence-corrected chi connectivity index (χ1v) is 10.4. The fourth-order valence-electron chi connectivity index (χ4n) is 2.41. The van der Waals surface area contributed by atoms with E-state index in [0.29, 0.717) is 15.6 Å². The van der Waals surface area contributed by atoms with Gasteiger partial charge in [0.2, 0.25) is 10.0 Å². The zero-order valence-corrected chi connectivity index (χ0v) is 17.4. The number of nitro groups is 1. The third kappa shape index (κ3) is 4.99. The smallest absolute Gasteiger partial charge is 0.270 e. The van der Waals surface area contributed by atoms with Crippen LogP contribution >= 0.6 is 23.2 Å². The first-order chi connectivity index (χ1) is 13.2. The Hall–Kier alpha value is -2.20. The molecule has 2 rings (SSSR count). The Balaban J connectivity index is 2.43. The summed E-state index contributed by atoms with van der Waals surface area (Å²) in [6.07, 6.45) is 1.40. The van der Waals surface area contributed by atoms with E-state index in [1.54, 1.807) is 32.0 Å². The number of nitrogens with one attached hydrogen (secondary N) is 1. The molecule has 0 aromatic heterocycles. The zero-order valence-electron chi connectivity index (χ0n) is 15.1. The maximum Gasteiger partial charge on any atom is 0.270 e. The molecule has 0 saturated heterocycles. The number of halogens is 2. The second-order valence-corrected chi connectivity index (χ2v) is 8.31. The second kappa shape index (κ2) is 9.33. The predicted octanol–water partition coefficient (Wildman–Crippen LogP) is 4.38. The Morgan fingerprint density at radius 1 is 1.18 bits per heavy atom. The Bertz CT molecular complexity index is 1010. The van der Waals surface area contributed by atoms with Gasteiger partial charge in [0.1, 0.15) is 4.90 Å². The summed E-state index contributed by atoms with van der Waals surface area (Å²) in [7, 11) is -3.95. The number of hydrazone groups is 1. The van der Waals surface area contributed by atoms with Crippen molar-refractivity contribution in [3.63, 3.8) is 0 Å². The first kappa shape index (κ1) is 22.1. The third-order valence-electron chi connectivity index (χ3n) is 3.85. The fourth-order valence-corrected chi connectivity index (χ4v) is 4.49. The van der Waals surface area contributed by atoms with E-state index >= 15 is 0 Å². The second-order valence-electron chi connectivity index (χ2n) is 5.56. The van der Waals surface area contributed by atoms with Crippen molar-refractivity contribution in [3.05, 3.63) is 62.1 Å². The molecule has 0 unspecified atom stereocenters. The highest BCUT2D eigenvalue weighted by atomic mass is 35.5. The van der Waals surface area contributed by atoms with E-state index in [-0.39, 0.29) is 29.4 Å². The molecule has 28 heavy (non-hydrogen) atoms. The fraction of sp³-hybridized carbons (Fsp3) is 0.235. The van der Waals surface area contributed by atoms with E-state index in [1.807, 2.05) is 0 Å². The molecule has 0 aliphatic carbocycles. The van der Waals surface area contributed by atoms with Gasteiger partial charge in [-0.05, 0) is 18.2 Å². The molecule has 2 aromatic carbocycles.